The normalized spacial score (nSPS) is 19.9. The number of nitrogens with one attached hydrogen (secondary N) is 2. The Labute approximate surface area is 180 Å². The number of hydrogen-bond donors (Lipinski definition) is 2. The molecule has 2 aromatic carbocycles. The van der Waals surface area contributed by atoms with E-state index < -0.39 is 6.61 Å². The molecule has 0 aromatic heterocycles. The van der Waals surface area contributed by atoms with Crippen molar-refractivity contribution < 1.29 is 23.1 Å². The van der Waals surface area contributed by atoms with Crippen LogP contribution in [0.2, 0.25) is 0 Å². The standard InChI is InChI=1S/C21H20BrF2N3O3/c22-13-6-7-18(30-21(23)24)12(9-13)5-8-19(28)25-14-10-17-20(29)26-15-3-1-2-4-16(15)27(17)11-14/h1-4,6-7,9,14,17,21H,5,8,10-11H2,(H,25,28)(H,26,29). The third kappa shape index (κ3) is 4.40. The number of halogens is 3. The van der Waals surface area contributed by atoms with E-state index >= 15 is 0 Å². The molecule has 1 saturated heterocycles. The van der Waals surface area contributed by atoms with E-state index in [2.05, 4.69) is 31.3 Å². The molecular formula is C21H20BrF2N3O3. The maximum atomic E-state index is 12.6. The van der Waals surface area contributed by atoms with E-state index in [1.54, 1.807) is 12.1 Å². The quantitative estimate of drug-likeness (QED) is 0.662. The number of carbonyl (C=O) groups is 2. The summed E-state index contributed by atoms with van der Waals surface area (Å²) < 4.78 is 30.5. The molecule has 0 radical (unpaired) electrons. The number of carbonyl (C=O) groups excluding carboxylic acids is 2. The summed E-state index contributed by atoms with van der Waals surface area (Å²) in [5, 5.41) is 5.88. The van der Waals surface area contributed by atoms with Crippen LogP contribution in [0.4, 0.5) is 20.2 Å². The van der Waals surface area contributed by atoms with Crippen LogP contribution < -0.4 is 20.3 Å². The number of para-hydroxylation sites is 2. The van der Waals surface area contributed by atoms with Crippen molar-refractivity contribution in [2.45, 2.75) is 38.0 Å². The molecule has 2 aliphatic rings. The third-order valence-electron chi connectivity index (χ3n) is 5.30. The molecule has 30 heavy (non-hydrogen) atoms. The summed E-state index contributed by atoms with van der Waals surface area (Å²) in [4.78, 5) is 26.9. The molecule has 0 bridgehead atoms. The molecule has 2 atom stereocenters. The molecule has 9 heteroatoms. The molecule has 0 aliphatic carbocycles. The fourth-order valence-electron chi connectivity index (χ4n) is 4.00. The molecule has 2 N–H and O–H groups in total. The van der Waals surface area contributed by atoms with Crippen LogP contribution in [0.3, 0.4) is 0 Å². The zero-order valence-corrected chi connectivity index (χ0v) is 17.5. The molecule has 2 unspecified atom stereocenters. The second kappa shape index (κ2) is 8.59. The SMILES string of the molecule is O=C(CCc1cc(Br)ccc1OC(F)F)NC1CC2C(=O)Nc3ccccc3N2C1. The average Bonchev–Trinajstić information content (AvgIpc) is 3.12. The molecule has 2 amide bonds. The smallest absolute Gasteiger partial charge is 0.387 e. The van der Waals surface area contributed by atoms with E-state index in [0.717, 1.165) is 15.8 Å². The number of hydrogen-bond acceptors (Lipinski definition) is 4. The highest BCUT2D eigenvalue weighted by Gasteiger charge is 2.41. The third-order valence-corrected chi connectivity index (χ3v) is 5.79. The Morgan fingerprint density at radius 1 is 1.30 bits per heavy atom. The largest absolute Gasteiger partial charge is 0.435 e. The number of fused-ring (bicyclic) bond motifs is 3. The first-order valence-electron chi connectivity index (χ1n) is 9.60. The minimum Gasteiger partial charge on any atom is -0.435 e. The van der Waals surface area contributed by atoms with E-state index in [1.807, 2.05) is 29.2 Å². The monoisotopic (exact) mass is 479 g/mol. The Balaban J connectivity index is 1.37. The van der Waals surface area contributed by atoms with Crippen LogP contribution in [-0.4, -0.2) is 37.1 Å². The minimum absolute atomic E-state index is 0.0623. The van der Waals surface area contributed by atoms with Gasteiger partial charge in [-0.3, -0.25) is 9.59 Å². The van der Waals surface area contributed by atoms with Crippen molar-refractivity contribution in [2.75, 3.05) is 16.8 Å². The van der Waals surface area contributed by atoms with Crippen molar-refractivity contribution in [1.29, 1.82) is 0 Å². The van der Waals surface area contributed by atoms with Gasteiger partial charge in [-0.15, -0.1) is 0 Å². The summed E-state index contributed by atoms with van der Waals surface area (Å²) in [6, 6.07) is 11.8. The van der Waals surface area contributed by atoms with Crippen molar-refractivity contribution in [1.82, 2.24) is 5.32 Å². The number of alkyl halides is 2. The number of anilines is 2. The van der Waals surface area contributed by atoms with Crippen LogP contribution in [0.25, 0.3) is 0 Å². The van der Waals surface area contributed by atoms with Gasteiger partial charge in [0.25, 0.3) is 0 Å². The predicted octanol–water partition coefficient (Wildman–Crippen LogP) is 3.70. The molecule has 0 spiro atoms. The summed E-state index contributed by atoms with van der Waals surface area (Å²) in [5.41, 5.74) is 2.24. The van der Waals surface area contributed by atoms with Gasteiger partial charge in [-0.05, 0) is 48.7 Å². The molecule has 6 nitrogen and oxygen atoms in total. The number of amides is 2. The van der Waals surface area contributed by atoms with E-state index in [9.17, 15) is 18.4 Å². The summed E-state index contributed by atoms with van der Waals surface area (Å²) in [6.45, 7) is -2.39. The first-order chi connectivity index (χ1) is 14.4. The Morgan fingerprint density at radius 2 is 2.10 bits per heavy atom. The topological polar surface area (TPSA) is 70.7 Å². The molecular weight excluding hydrogens is 460 g/mol. The Morgan fingerprint density at radius 3 is 2.90 bits per heavy atom. The molecule has 1 fully saturated rings. The number of benzene rings is 2. The van der Waals surface area contributed by atoms with Gasteiger partial charge in [-0.1, -0.05) is 28.1 Å². The number of ether oxygens (including phenoxy) is 1. The molecule has 158 valence electrons. The van der Waals surface area contributed by atoms with Crippen LogP contribution in [0.5, 0.6) is 5.75 Å². The van der Waals surface area contributed by atoms with Gasteiger partial charge in [0, 0.05) is 23.5 Å². The van der Waals surface area contributed by atoms with Crippen LogP contribution in [-0.2, 0) is 16.0 Å². The summed E-state index contributed by atoms with van der Waals surface area (Å²) in [6.07, 6.45) is 0.902. The minimum atomic E-state index is -2.93. The van der Waals surface area contributed by atoms with Crippen molar-refractivity contribution in [2.24, 2.45) is 0 Å². The van der Waals surface area contributed by atoms with Gasteiger partial charge in [-0.2, -0.15) is 8.78 Å². The van der Waals surface area contributed by atoms with Gasteiger partial charge in [0.05, 0.1) is 11.4 Å². The molecule has 0 saturated carbocycles. The lowest BCUT2D eigenvalue weighted by Gasteiger charge is -2.32. The van der Waals surface area contributed by atoms with Crippen LogP contribution >= 0.6 is 15.9 Å². The van der Waals surface area contributed by atoms with Gasteiger partial charge in [0.1, 0.15) is 11.8 Å². The van der Waals surface area contributed by atoms with Gasteiger partial charge in [0.2, 0.25) is 11.8 Å². The summed E-state index contributed by atoms with van der Waals surface area (Å²) in [5.74, 6) is -0.211. The van der Waals surface area contributed by atoms with Crippen LogP contribution in [0, 0.1) is 0 Å². The number of rotatable bonds is 6. The van der Waals surface area contributed by atoms with Crippen molar-refractivity contribution >= 4 is 39.1 Å². The maximum absolute atomic E-state index is 12.6. The number of nitrogens with zero attached hydrogens (tertiary/aromatic N) is 1. The lowest BCUT2D eigenvalue weighted by atomic mass is 10.1. The Kier molecular flexibility index (Phi) is 5.90. The Bertz CT molecular complexity index is 972. The summed E-state index contributed by atoms with van der Waals surface area (Å²) in [7, 11) is 0. The second-order valence-electron chi connectivity index (χ2n) is 7.31. The zero-order chi connectivity index (χ0) is 21.3. The van der Waals surface area contributed by atoms with Gasteiger partial charge in [-0.25, -0.2) is 0 Å². The van der Waals surface area contributed by atoms with Crippen molar-refractivity contribution in [3.63, 3.8) is 0 Å². The van der Waals surface area contributed by atoms with Crippen LogP contribution in [0.15, 0.2) is 46.9 Å². The number of aryl methyl sites for hydroxylation is 1. The average molecular weight is 480 g/mol. The first kappa shape index (κ1) is 20.6. The molecule has 4 rings (SSSR count). The van der Waals surface area contributed by atoms with Crippen LogP contribution in [0.1, 0.15) is 18.4 Å². The fourth-order valence-corrected chi connectivity index (χ4v) is 4.41. The predicted molar refractivity (Wildman–Crippen MR) is 112 cm³/mol. The van der Waals surface area contributed by atoms with Crippen molar-refractivity contribution in [3.05, 3.63) is 52.5 Å². The lowest BCUT2D eigenvalue weighted by molar-refractivity contribution is -0.122. The van der Waals surface area contributed by atoms with Gasteiger partial charge in [0.15, 0.2) is 0 Å². The van der Waals surface area contributed by atoms with E-state index in [1.165, 1.54) is 6.07 Å². The Hall–Kier alpha value is -2.68. The maximum Gasteiger partial charge on any atom is 0.387 e. The molecule has 2 aromatic rings. The zero-order valence-electron chi connectivity index (χ0n) is 15.9. The first-order valence-corrected chi connectivity index (χ1v) is 10.4. The highest BCUT2D eigenvalue weighted by molar-refractivity contribution is 9.10. The van der Waals surface area contributed by atoms with Crippen molar-refractivity contribution in [3.8, 4) is 5.75 Å². The molecule has 2 heterocycles. The highest BCUT2D eigenvalue weighted by Crippen LogP contribution is 2.36. The van der Waals surface area contributed by atoms with E-state index in [4.69, 9.17) is 0 Å². The molecule has 2 aliphatic heterocycles. The lowest BCUT2D eigenvalue weighted by Crippen LogP contribution is -2.44. The fraction of sp³-hybridized carbons (Fsp3) is 0.333. The second-order valence-corrected chi connectivity index (χ2v) is 8.22. The highest BCUT2D eigenvalue weighted by atomic mass is 79.9. The van der Waals surface area contributed by atoms with Gasteiger partial charge < -0.3 is 20.3 Å². The van der Waals surface area contributed by atoms with Gasteiger partial charge >= 0.3 is 6.61 Å². The van der Waals surface area contributed by atoms with E-state index in [-0.39, 0.29) is 42.5 Å². The summed E-state index contributed by atoms with van der Waals surface area (Å²) >= 11 is 3.31. The van der Waals surface area contributed by atoms with E-state index in [0.29, 0.717) is 18.5 Å².